The molecule has 0 saturated heterocycles. The topological polar surface area (TPSA) is 41.6 Å². The molecule has 1 amide bonds. The lowest BCUT2D eigenvalue weighted by Gasteiger charge is -2.17. The smallest absolute Gasteiger partial charge is 0.236 e. The summed E-state index contributed by atoms with van der Waals surface area (Å²) in [4.78, 5) is 13.3. The third-order valence-electron chi connectivity index (χ3n) is 2.78. The zero-order valence-corrected chi connectivity index (χ0v) is 12.3. The third-order valence-corrected chi connectivity index (χ3v) is 2.78. The predicted octanol–water partition coefficient (Wildman–Crippen LogP) is 1.69. The number of carbonyl (C=O) groups is 1. The van der Waals surface area contributed by atoms with Gasteiger partial charge in [0.1, 0.15) is 5.75 Å². The molecule has 0 aliphatic rings. The van der Waals surface area contributed by atoms with Crippen molar-refractivity contribution in [1.82, 2.24) is 10.2 Å². The predicted molar refractivity (Wildman–Crippen MR) is 77.5 cm³/mol. The first-order valence-electron chi connectivity index (χ1n) is 6.67. The highest BCUT2D eigenvalue weighted by atomic mass is 16.5. The van der Waals surface area contributed by atoms with Crippen molar-refractivity contribution < 1.29 is 9.53 Å². The summed E-state index contributed by atoms with van der Waals surface area (Å²) in [7, 11) is 3.61. The Morgan fingerprint density at radius 2 is 1.95 bits per heavy atom. The van der Waals surface area contributed by atoms with E-state index >= 15 is 0 Å². The fourth-order valence-electron chi connectivity index (χ4n) is 1.71. The van der Waals surface area contributed by atoms with Gasteiger partial charge in [0.05, 0.1) is 12.6 Å². The fourth-order valence-corrected chi connectivity index (χ4v) is 1.71. The van der Waals surface area contributed by atoms with Crippen LogP contribution >= 0.6 is 0 Å². The summed E-state index contributed by atoms with van der Waals surface area (Å²) in [6.07, 6.45) is 1.05. The number of carbonyl (C=O) groups excluding carboxylic acids is 1. The van der Waals surface area contributed by atoms with Gasteiger partial charge in [0.2, 0.25) is 5.91 Å². The van der Waals surface area contributed by atoms with Gasteiger partial charge in [-0.2, -0.15) is 0 Å². The second-order valence-electron chi connectivity index (χ2n) is 4.91. The van der Waals surface area contributed by atoms with Crippen LogP contribution in [0.5, 0.6) is 5.75 Å². The molecule has 0 atom stereocenters. The highest BCUT2D eigenvalue weighted by molar-refractivity contribution is 5.77. The molecule has 0 radical (unpaired) electrons. The number of amides is 1. The van der Waals surface area contributed by atoms with Crippen LogP contribution in [0.4, 0.5) is 0 Å². The molecule has 0 saturated carbocycles. The van der Waals surface area contributed by atoms with Gasteiger partial charge in [-0.05, 0) is 45.0 Å². The summed E-state index contributed by atoms with van der Waals surface area (Å²) in [6.45, 7) is 5.13. The van der Waals surface area contributed by atoms with Crippen molar-refractivity contribution in [2.45, 2.75) is 26.4 Å². The van der Waals surface area contributed by atoms with Gasteiger partial charge in [0, 0.05) is 13.6 Å². The molecule has 19 heavy (non-hydrogen) atoms. The summed E-state index contributed by atoms with van der Waals surface area (Å²) >= 11 is 0. The average molecular weight is 264 g/mol. The Morgan fingerprint density at radius 1 is 1.32 bits per heavy atom. The van der Waals surface area contributed by atoms with Crippen molar-refractivity contribution in [2.24, 2.45) is 0 Å². The molecule has 1 aromatic carbocycles. The van der Waals surface area contributed by atoms with Crippen molar-refractivity contribution in [3.63, 3.8) is 0 Å². The zero-order chi connectivity index (χ0) is 14.3. The van der Waals surface area contributed by atoms with Crippen LogP contribution in [0.25, 0.3) is 0 Å². The van der Waals surface area contributed by atoms with Crippen molar-refractivity contribution in [3.8, 4) is 5.75 Å². The van der Waals surface area contributed by atoms with Crippen molar-refractivity contribution in [2.75, 3.05) is 27.2 Å². The van der Waals surface area contributed by atoms with Crippen molar-refractivity contribution >= 4 is 5.91 Å². The molecule has 1 rings (SSSR count). The van der Waals surface area contributed by atoms with Crippen LogP contribution in [-0.2, 0) is 11.2 Å². The van der Waals surface area contributed by atoms with Crippen LogP contribution in [-0.4, -0.2) is 44.1 Å². The van der Waals surface area contributed by atoms with Crippen molar-refractivity contribution in [3.05, 3.63) is 29.8 Å². The van der Waals surface area contributed by atoms with Gasteiger partial charge in [-0.25, -0.2) is 0 Å². The highest BCUT2D eigenvalue weighted by Gasteiger charge is 2.07. The SMILES string of the molecule is CNCC(=O)N(C)CCc1ccc(OC(C)C)cc1. The van der Waals surface area contributed by atoms with Crippen LogP contribution in [0.15, 0.2) is 24.3 Å². The van der Waals surface area contributed by atoms with Gasteiger partial charge >= 0.3 is 0 Å². The fraction of sp³-hybridized carbons (Fsp3) is 0.533. The van der Waals surface area contributed by atoms with Gasteiger partial charge < -0.3 is 15.0 Å². The van der Waals surface area contributed by atoms with Crippen LogP contribution in [0.2, 0.25) is 0 Å². The Labute approximate surface area is 115 Å². The second-order valence-corrected chi connectivity index (χ2v) is 4.91. The molecular weight excluding hydrogens is 240 g/mol. The number of likely N-dealkylation sites (N-methyl/N-ethyl adjacent to an activating group) is 2. The number of benzene rings is 1. The van der Waals surface area contributed by atoms with E-state index in [2.05, 4.69) is 5.32 Å². The minimum absolute atomic E-state index is 0.113. The Morgan fingerprint density at radius 3 is 2.47 bits per heavy atom. The molecule has 0 aliphatic heterocycles. The van der Waals surface area contributed by atoms with Gasteiger partial charge in [0.25, 0.3) is 0 Å². The summed E-state index contributed by atoms with van der Waals surface area (Å²) in [6, 6.07) is 8.05. The van der Waals surface area contributed by atoms with E-state index in [0.717, 1.165) is 18.7 Å². The molecule has 0 heterocycles. The maximum atomic E-state index is 11.6. The molecule has 4 heteroatoms. The minimum atomic E-state index is 0.113. The second kappa shape index (κ2) is 7.79. The molecule has 0 aliphatic carbocycles. The van der Waals surface area contributed by atoms with Crippen LogP contribution < -0.4 is 10.1 Å². The monoisotopic (exact) mass is 264 g/mol. The molecule has 0 fully saturated rings. The average Bonchev–Trinajstić information content (AvgIpc) is 2.37. The Balaban J connectivity index is 2.43. The quantitative estimate of drug-likeness (QED) is 0.815. The van der Waals surface area contributed by atoms with Gasteiger partial charge in [0.15, 0.2) is 0 Å². The number of nitrogens with zero attached hydrogens (tertiary/aromatic N) is 1. The molecular formula is C15H24N2O2. The number of ether oxygens (including phenoxy) is 1. The van der Waals surface area contributed by atoms with Crippen LogP contribution in [0, 0.1) is 0 Å². The molecule has 0 unspecified atom stereocenters. The first kappa shape index (κ1) is 15.5. The summed E-state index contributed by atoms with van der Waals surface area (Å²) < 4.78 is 5.59. The normalized spacial score (nSPS) is 10.6. The molecule has 106 valence electrons. The maximum Gasteiger partial charge on any atom is 0.236 e. The third kappa shape index (κ3) is 5.75. The van der Waals surface area contributed by atoms with Gasteiger partial charge in [-0.3, -0.25) is 4.79 Å². The van der Waals surface area contributed by atoms with E-state index in [1.54, 1.807) is 11.9 Å². The lowest BCUT2D eigenvalue weighted by Crippen LogP contribution is -2.35. The largest absolute Gasteiger partial charge is 0.491 e. The van der Waals surface area contributed by atoms with Crippen molar-refractivity contribution in [1.29, 1.82) is 0 Å². The lowest BCUT2D eigenvalue weighted by atomic mass is 10.1. The van der Waals surface area contributed by atoms with E-state index in [9.17, 15) is 4.79 Å². The van der Waals surface area contributed by atoms with E-state index in [1.165, 1.54) is 5.56 Å². The molecule has 0 bridgehead atoms. The Bertz CT molecular complexity index is 388. The molecule has 0 aromatic heterocycles. The number of hydrogen-bond acceptors (Lipinski definition) is 3. The first-order valence-corrected chi connectivity index (χ1v) is 6.67. The Hall–Kier alpha value is -1.55. The molecule has 1 aromatic rings. The minimum Gasteiger partial charge on any atom is -0.491 e. The van der Waals surface area contributed by atoms with E-state index < -0.39 is 0 Å². The van der Waals surface area contributed by atoms with Gasteiger partial charge in [-0.15, -0.1) is 0 Å². The van der Waals surface area contributed by atoms with Gasteiger partial charge in [-0.1, -0.05) is 12.1 Å². The highest BCUT2D eigenvalue weighted by Crippen LogP contribution is 2.14. The lowest BCUT2D eigenvalue weighted by molar-refractivity contribution is -0.128. The molecule has 1 N–H and O–H groups in total. The standard InChI is InChI=1S/C15H24N2O2/c1-12(2)19-14-7-5-13(6-8-14)9-10-17(4)15(18)11-16-3/h5-8,12,16H,9-11H2,1-4H3. The summed E-state index contributed by atoms with van der Waals surface area (Å²) in [5.74, 6) is 1.00. The molecule has 4 nitrogen and oxygen atoms in total. The van der Waals surface area contributed by atoms with Crippen LogP contribution in [0.1, 0.15) is 19.4 Å². The molecule has 0 spiro atoms. The summed E-state index contributed by atoms with van der Waals surface area (Å²) in [5, 5.41) is 2.86. The Kier molecular flexibility index (Phi) is 6.36. The van der Waals surface area contributed by atoms with E-state index in [1.807, 2.05) is 45.2 Å². The van der Waals surface area contributed by atoms with Crippen LogP contribution in [0.3, 0.4) is 0 Å². The summed E-state index contributed by atoms with van der Waals surface area (Å²) in [5.41, 5.74) is 1.21. The number of rotatable bonds is 7. The van der Waals surface area contributed by atoms with E-state index in [4.69, 9.17) is 4.74 Å². The number of hydrogen-bond donors (Lipinski definition) is 1. The van der Waals surface area contributed by atoms with E-state index in [0.29, 0.717) is 6.54 Å². The maximum absolute atomic E-state index is 11.6. The zero-order valence-electron chi connectivity index (χ0n) is 12.3. The van der Waals surface area contributed by atoms with E-state index in [-0.39, 0.29) is 12.0 Å². The first-order chi connectivity index (χ1) is 9.02. The number of nitrogens with one attached hydrogen (secondary N) is 1.